The standard InChI is InChI=1S/C31H23F3/c32-31(33,34)24-11-7-10-22(19-24)29-25-12-3-5-14-27(25)30(28-15-6-4-13-26(28)29)23-17-16-20-8-1-2-9-21(20)18-23/h1-3,5-12,14-15,17-20H,4,13,16H2. The van der Waals surface area contributed by atoms with Crippen molar-refractivity contribution in [2.75, 3.05) is 0 Å². The van der Waals surface area contributed by atoms with Gasteiger partial charge in [-0.25, -0.2) is 0 Å². The normalized spacial score (nSPS) is 19.0. The highest BCUT2D eigenvalue weighted by atomic mass is 19.4. The van der Waals surface area contributed by atoms with Crippen LogP contribution in [0.1, 0.15) is 35.1 Å². The van der Waals surface area contributed by atoms with Gasteiger partial charge in [0.15, 0.2) is 0 Å². The van der Waals surface area contributed by atoms with Crippen LogP contribution in [0, 0.1) is 5.92 Å². The highest BCUT2D eigenvalue weighted by molar-refractivity contribution is 6.08. The predicted octanol–water partition coefficient (Wildman–Crippen LogP) is 8.94. The number of rotatable bonds is 2. The van der Waals surface area contributed by atoms with Crippen LogP contribution in [0.3, 0.4) is 0 Å². The number of halogens is 3. The van der Waals surface area contributed by atoms with E-state index >= 15 is 0 Å². The largest absolute Gasteiger partial charge is 0.416 e. The fourth-order valence-electron chi connectivity index (χ4n) is 5.51. The van der Waals surface area contributed by atoms with Crippen molar-refractivity contribution < 1.29 is 13.2 Å². The molecule has 0 heterocycles. The molecule has 0 bridgehead atoms. The van der Waals surface area contributed by atoms with Crippen LogP contribution >= 0.6 is 0 Å². The summed E-state index contributed by atoms with van der Waals surface area (Å²) in [5.74, 6) is 0.413. The van der Waals surface area contributed by atoms with Gasteiger partial charge in [0.05, 0.1) is 5.56 Å². The third kappa shape index (κ3) is 3.47. The maximum Gasteiger partial charge on any atom is 0.416 e. The van der Waals surface area contributed by atoms with Crippen molar-refractivity contribution in [3.05, 3.63) is 119 Å². The summed E-state index contributed by atoms with van der Waals surface area (Å²) in [7, 11) is 0. The number of hydrogen-bond acceptors (Lipinski definition) is 0. The van der Waals surface area contributed by atoms with E-state index in [4.69, 9.17) is 0 Å². The average Bonchev–Trinajstić information content (AvgIpc) is 2.86. The molecule has 6 rings (SSSR count). The molecule has 0 nitrogen and oxygen atoms in total. The summed E-state index contributed by atoms with van der Waals surface area (Å²) in [6.45, 7) is 0. The minimum absolute atomic E-state index is 0.413. The second kappa shape index (κ2) is 8.02. The molecular weight excluding hydrogens is 429 g/mol. The Kier molecular flexibility index (Phi) is 4.95. The molecule has 1 unspecified atom stereocenters. The van der Waals surface area contributed by atoms with Crippen LogP contribution < -0.4 is 0 Å². The zero-order valence-electron chi connectivity index (χ0n) is 18.6. The van der Waals surface area contributed by atoms with Crippen LogP contribution in [0.4, 0.5) is 13.2 Å². The highest BCUT2D eigenvalue weighted by Crippen LogP contribution is 2.45. The van der Waals surface area contributed by atoms with Crippen molar-refractivity contribution in [1.29, 1.82) is 0 Å². The molecule has 3 aliphatic carbocycles. The zero-order valence-corrected chi connectivity index (χ0v) is 18.6. The fourth-order valence-corrected chi connectivity index (χ4v) is 5.51. The summed E-state index contributed by atoms with van der Waals surface area (Å²) in [6, 6.07) is 13.9. The molecule has 0 N–H and O–H groups in total. The second-order valence-corrected chi connectivity index (χ2v) is 9.10. The third-order valence-electron chi connectivity index (χ3n) is 7.06. The van der Waals surface area contributed by atoms with E-state index in [9.17, 15) is 13.2 Å². The third-order valence-corrected chi connectivity index (χ3v) is 7.06. The number of hydrogen-bond donors (Lipinski definition) is 0. The molecule has 34 heavy (non-hydrogen) atoms. The SMILES string of the molecule is FC(F)(F)c1cccc(-c2c3c(c(C4=CCC5C=CC=CC5=C4)c4ccccc24)C=CCC3)c1. The van der Waals surface area contributed by atoms with Crippen LogP contribution in [0.2, 0.25) is 0 Å². The van der Waals surface area contributed by atoms with Crippen molar-refractivity contribution in [2.45, 2.75) is 25.4 Å². The van der Waals surface area contributed by atoms with Crippen LogP contribution in [0.25, 0.3) is 33.5 Å². The molecule has 0 aromatic heterocycles. The predicted molar refractivity (Wildman–Crippen MR) is 134 cm³/mol. The Morgan fingerprint density at radius 3 is 2.50 bits per heavy atom. The van der Waals surface area contributed by atoms with Crippen molar-refractivity contribution in [2.24, 2.45) is 5.92 Å². The summed E-state index contributed by atoms with van der Waals surface area (Å²) >= 11 is 0. The van der Waals surface area contributed by atoms with E-state index in [0.717, 1.165) is 52.8 Å². The maximum atomic E-state index is 13.5. The lowest BCUT2D eigenvalue weighted by Gasteiger charge is -2.27. The quantitative estimate of drug-likeness (QED) is 0.364. The van der Waals surface area contributed by atoms with Gasteiger partial charge in [-0.2, -0.15) is 13.2 Å². The smallest absolute Gasteiger partial charge is 0.166 e. The van der Waals surface area contributed by atoms with Gasteiger partial charge in [0.25, 0.3) is 0 Å². The van der Waals surface area contributed by atoms with E-state index in [1.165, 1.54) is 28.8 Å². The Hall–Kier alpha value is -3.59. The monoisotopic (exact) mass is 452 g/mol. The molecular formula is C31H23F3. The highest BCUT2D eigenvalue weighted by Gasteiger charge is 2.31. The zero-order chi connectivity index (χ0) is 23.3. The first-order chi connectivity index (χ1) is 16.5. The fraction of sp³-hybridized carbons (Fsp3) is 0.161. The summed E-state index contributed by atoms with van der Waals surface area (Å²) in [5.41, 5.74) is 6.89. The van der Waals surface area contributed by atoms with Crippen molar-refractivity contribution in [3.63, 3.8) is 0 Å². The van der Waals surface area contributed by atoms with Crippen LogP contribution in [-0.4, -0.2) is 0 Å². The lowest BCUT2D eigenvalue weighted by atomic mass is 9.77. The minimum Gasteiger partial charge on any atom is -0.166 e. The molecule has 3 aliphatic rings. The van der Waals surface area contributed by atoms with Gasteiger partial charge in [0.2, 0.25) is 0 Å². The lowest BCUT2D eigenvalue weighted by molar-refractivity contribution is -0.137. The van der Waals surface area contributed by atoms with E-state index in [1.54, 1.807) is 6.07 Å². The van der Waals surface area contributed by atoms with Gasteiger partial charge in [-0.1, -0.05) is 85.0 Å². The Bertz CT molecular complexity index is 1460. The van der Waals surface area contributed by atoms with E-state index in [1.807, 2.05) is 12.1 Å². The number of fused-ring (bicyclic) bond motifs is 3. The number of allylic oxidation sites excluding steroid dienone is 9. The first-order valence-electron chi connectivity index (χ1n) is 11.7. The average molecular weight is 453 g/mol. The van der Waals surface area contributed by atoms with Crippen molar-refractivity contribution in [3.8, 4) is 11.1 Å². The maximum absolute atomic E-state index is 13.5. The molecule has 0 fully saturated rings. The van der Waals surface area contributed by atoms with Crippen molar-refractivity contribution in [1.82, 2.24) is 0 Å². The summed E-state index contributed by atoms with van der Waals surface area (Å²) in [5, 5.41) is 2.09. The van der Waals surface area contributed by atoms with Gasteiger partial charge in [-0.3, -0.25) is 0 Å². The summed E-state index contributed by atoms with van der Waals surface area (Å²) < 4.78 is 40.6. The Morgan fingerprint density at radius 2 is 1.68 bits per heavy atom. The molecule has 1 atom stereocenters. The molecule has 3 aromatic rings. The van der Waals surface area contributed by atoms with Crippen molar-refractivity contribution >= 4 is 22.4 Å². The summed E-state index contributed by atoms with van der Waals surface area (Å²) in [6.07, 6.45) is 15.8. The van der Waals surface area contributed by atoms with Gasteiger partial charge in [0, 0.05) is 5.92 Å². The summed E-state index contributed by atoms with van der Waals surface area (Å²) in [4.78, 5) is 0. The van der Waals surface area contributed by atoms with Gasteiger partial charge >= 0.3 is 6.18 Å². The Morgan fingerprint density at radius 1 is 0.853 bits per heavy atom. The van der Waals surface area contributed by atoms with Crippen LogP contribution in [0.5, 0.6) is 0 Å². The second-order valence-electron chi connectivity index (χ2n) is 9.10. The molecule has 3 aromatic carbocycles. The first-order valence-corrected chi connectivity index (χ1v) is 11.7. The molecule has 168 valence electrons. The van der Waals surface area contributed by atoms with Crippen LogP contribution in [-0.2, 0) is 12.6 Å². The van der Waals surface area contributed by atoms with Gasteiger partial charge in [-0.05, 0) is 81.1 Å². The molecule has 3 heteroatoms. The first kappa shape index (κ1) is 21.0. The van der Waals surface area contributed by atoms with Gasteiger partial charge in [0.1, 0.15) is 0 Å². The number of benzene rings is 3. The van der Waals surface area contributed by atoms with Gasteiger partial charge in [-0.15, -0.1) is 0 Å². The molecule has 0 saturated heterocycles. The molecule has 0 saturated carbocycles. The van der Waals surface area contributed by atoms with E-state index < -0.39 is 11.7 Å². The molecule has 0 amide bonds. The van der Waals surface area contributed by atoms with Crippen LogP contribution in [0.15, 0.2) is 96.6 Å². The topological polar surface area (TPSA) is 0 Å². The molecule has 0 aliphatic heterocycles. The van der Waals surface area contributed by atoms with E-state index in [0.29, 0.717) is 11.5 Å². The Labute approximate surface area is 197 Å². The van der Waals surface area contributed by atoms with E-state index in [2.05, 4.69) is 60.7 Å². The number of alkyl halides is 3. The Balaban J connectivity index is 1.63. The lowest BCUT2D eigenvalue weighted by Crippen LogP contribution is -2.09. The molecule has 0 radical (unpaired) electrons. The van der Waals surface area contributed by atoms with Gasteiger partial charge < -0.3 is 0 Å². The van der Waals surface area contributed by atoms with E-state index in [-0.39, 0.29) is 0 Å². The minimum atomic E-state index is -4.37. The molecule has 0 spiro atoms.